The molecule has 0 bridgehead atoms. The van der Waals surface area contributed by atoms with E-state index in [2.05, 4.69) is 5.32 Å². The summed E-state index contributed by atoms with van der Waals surface area (Å²) >= 11 is 0. The molecule has 5 nitrogen and oxygen atoms in total. The van der Waals surface area contributed by atoms with Gasteiger partial charge in [-0.1, -0.05) is 31.0 Å². The molecule has 2 amide bonds. The zero-order valence-corrected chi connectivity index (χ0v) is 15.0. The second-order valence-electron chi connectivity index (χ2n) is 6.73. The highest BCUT2D eigenvalue weighted by Gasteiger charge is 2.23. The Morgan fingerprint density at radius 1 is 1.15 bits per heavy atom. The number of amides is 2. The molecule has 1 aromatic carbocycles. The van der Waals surface area contributed by atoms with Gasteiger partial charge in [0.1, 0.15) is 11.5 Å². The summed E-state index contributed by atoms with van der Waals surface area (Å²) in [6.45, 7) is 0.704. The lowest BCUT2D eigenvalue weighted by Crippen LogP contribution is -2.38. The van der Waals surface area contributed by atoms with Crippen LogP contribution in [0.25, 0.3) is 6.08 Å². The van der Waals surface area contributed by atoms with Crippen LogP contribution in [-0.4, -0.2) is 30.3 Å². The van der Waals surface area contributed by atoms with Crippen molar-refractivity contribution in [2.24, 2.45) is 5.92 Å². The molecule has 1 N–H and O–H groups in total. The maximum Gasteiger partial charge on any atom is 0.270 e. The van der Waals surface area contributed by atoms with Gasteiger partial charge < -0.3 is 14.6 Å². The third-order valence-corrected chi connectivity index (χ3v) is 4.70. The van der Waals surface area contributed by atoms with Crippen molar-refractivity contribution >= 4 is 17.9 Å². The summed E-state index contributed by atoms with van der Waals surface area (Å²) in [7, 11) is 1.78. The zero-order valence-electron chi connectivity index (χ0n) is 15.0. The molecule has 1 fully saturated rings. The van der Waals surface area contributed by atoms with Crippen molar-refractivity contribution in [2.45, 2.75) is 25.7 Å². The number of nitrogens with zero attached hydrogens (tertiary/aromatic N) is 1. The van der Waals surface area contributed by atoms with Gasteiger partial charge in [0.25, 0.3) is 11.8 Å². The summed E-state index contributed by atoms with van der Waals surface area (Å²) in [6, 6.07) is 12.3. The number of rotatable bonds is 6. The Morgan fingerprint density at radius 3 is 2.54 bits per heavy atom. The first kappa shape index (κ1) is 18.0. The average molecular weight is 352 g/mol. The van der Waals surface area contributed by atoms with E-state index in [9.17, 15) is 9.59 Å². The molecule has 136 valence electrons. The molecule has 0 saturated heterocycles. The van der Waals surface area contributed by atoms with Crippen molar-refractivity contribution < 1.29 is 14.0 Å². The first-order chi connectivity index (χ1) is 12.6. The average Bonchev–Trinajstić information content (AvgIpc) is 3.35. The van der Waals surface area contributed by atoms with E-state index in [0.717, 1.165) is 12.8 Å². The Labute approximate surface area is 153 Å². The highest BCUT2D eigenvalue weighted by atomic mass is 16.3. The van der Waals surface area contributed by atoms with E-state index in [1.54, 1.807) is 54.4 Å². The minimum Gasteiger partial charge on any atom is -0.465 e. The van der Waals surface area contributed by atoms with Gasteiger partial charge in [0.2, 0.25) is 0 Å². The molecule has 0 spiro atoms. The van der Waals surface area contributed by atoms with Crippen LogP contribution < -0.4 is 5.32 Å². The molecule has 1 heterocycles. The summed E-state index contributed by atoms with van der Waals surface area (Å²) in [5, 5.41) is 2.75. The van der Waals surface area contributed by atoms with Crippen molar-refractivity contribution in [3.8, 4) is 0 Å². The van der Waals surface area contributed by atoms with Crippen LogP contribution in [-0.2, 0) is 4.79 Å². The lowest BCUT2D eigenvalue weighted by Gasteiger charge is -2.22. The van der Waals surface area contributed by atoms with E-state index < -0.39 is 0 Å². The Hall–Kier alpha value is -2.82. The number of carbonyl (C=O) groups is 2. The molecule has 1 saturated carbocycles. The van der Waals surface area contributed by atoms with Gasteiger partial charge in [-0.3, -0.25) is 9.59 Å². The van der Waals surface area contributed by atoms with Crippen LogP contribution in [0.2, 0.25) is 0 Å². The van der Waals surface area contributed by atoms with Gasteiger partial charge in [0, 0.05) is 25.2 Å². The Balaban J connectivity index is 1.76. The number of carbonyl (C=O) groups excluding carboxylic acids is 2. The lowest BCUT2D eigenvalue weighted by atomic mass is 10.1. The van der Waals surface area contributed by atoms with E-state index in [1.807, 2.05) is 6.07 Å². The second kappa shape index (κ2) is 8.52. The first-order valence-electron chi connectivity index (χ1n) is 9.00. The molecular formula is C21H24N2O3. The fraction of sp³-hybridized carbons (Fsp3) is 0.333. The standard InChI is InChI=1S/C21H24N2O3/c1-23(15-16-8-5-6-9-16)21(25)19(14-18-12-7-13-26-18)22-20(24)17-10-3-2-4-11-17/h2-4,7,10-14,16H,5-6,8-9,15H2,1H3,(H,22,24)/b19-14-. The molecule has 0 atom stereocenters. The number of benzene rings is 1. The maximum atomic E-state index is 12.9. The number of hydrogen-bond acceptors (Lipinski definition) is 3. The normalized spacial score (nSPS) is 15.0. The number of likely N-dealkylation sites (N-methyl/N-ethyl adjacent to an activating group) is 1. The topological polar surface area (TPSA) is 62.6 Å². The van der Waals surface area contributed by atoms with Crippen LogP contribution in [0.15, 0.2) is 58.8 Å². The number of hydrogen-bond donors (Lipinski definition) is 1. The quantitative estimate of drug-likeness (QED) is 0.806. The molecule has 1 aliphatic carbocycles. The van der Waals surface area contributed by atoms with Crippen LogP contribution in [0.4, 0.5) is 0 Å². The fourth-order valence-corrected chi connectivity index (χ4v) is 3.32. The molecular weight excluding hydrogens is 328 g/mol. The van der Waals surface area contributed by atoms with E-state index >= 15 is 0 Å². The van der Waals surface area contributed by atoms with Crippen LogP contribution in [0.5, 0.6) is 0 Å². The molecule has 1 aliphatic rings. The molecule has 0 unspecified atom stereocenters. The Kier molecular flexibility index (Phi) is 5.89. The van der Waals surface area contributed by atoms with Crippen LogP contribution >= 0.6 is 0 Å². The zero-order chi connectivity index (χ0) is 18.4. The van der Waals surface area contributed by atoms with Crippen LogP contribution in [0.3, 0.4) is 0 Å². The van der Waals surface area contributed by atoms with E-state index in [0.29, 0.717) is 23.8 Å². The van der Waals surface area contributed by atoms with Gasteiger partial charge in [-0.15, -0.1) is 0 Å². The lowest BCUT2D eigenvalue weighted by molar-refractivity contribution is -0.126. The first-order valence-corrected chi connectivity index (χ1v) is 9.00. The molecule has 0 radical (unpaired) electrons. The second-order valence-corrected chi connectivity index (χ2v) is 6.73. The van der Waals surface area contributed by atoms with E-state index in [4.69, 9.17) is 4.42 Å². The molecule has 26 heavy (non-hydrogen) atoms. The van der Waals surface area contributed by atoms with Crippen molar-refractivity contribution in [3.63, 3.8) is 0 Å². The van der Waals surface area contributed by atoms with Gasteiger partial charge in [0.15, 0.2) is 0 Å². The third-order valence-electron chi connectivity index (χ3n) is 4.70. The van der Waals surface area contributed by atoms with E-state index in [-0.39, 0.29) is 17.5 Å². The summed E-state index contributed by atoms with van der Waals surface area (Å²) in [5.74, 6) is 0.540. The van der Waals surface area contributed by atoms with Crippen molar-refractivity contribution in [1.82, 2.24) is 10.2 Å². The molecule has 3 rings (SSSR count). The van der Waals surface area contributed by atoms with Crippen LogP contribution in [0.1, 0.15) is 41.8 Å². The monoisotopic (exact) mass is 352 g/mol. The summed E-state index contributed by atoms with van der Waals surface area (Å²) in [5.41, 5.74) is 0.721. The largest absolute Gasteiger partial charge is 0.465 e. The van der Waals surface area contributed by atoms with E-state index in [1.165, 1.54) is 19.1 Å². The molecule has 0 aliphatic heterocycles. The Bertz CT molecular complexity index is 760. The SMILES string of the molecule is CN(CC1CCCC1)C(=O)/C(=C/c1ccco1)NC(=O)c1ccccc1. The molecule has 2 aromatic rings. The predicted octanol–water partition coefficient (Wildman–Crippen LogP) is 3.70. The van der Waals surface area contributed by atoms with Gasteiger partial charge in [-0.25, -0.2) is 0 Å². The molecule has 5 heteroatoms. The third kappa shape index (κ3) is 4.63. The summed E-state index contributed by atoms with van der Waals surface area (Å²) in [4.78, 5) is 27.1. The van der Waals surface area contributed by atoms with Gasteiger partial charge in [-0.2, -0.15) is 0 Å². The number of furan rings is 1. The maximum absolute atomic E-state index is 12.9. The van der Waals surface area contributed by atoms with Gasteiger partial charge >= 0.3 is 0 Å². The summed E-state index contributed by atoms with van der Waals surface area (Å²) < 4.78 is 5.32. The van der Waals surface area contributed by atoms with Gasteiger partial charge in [0.05, 0.1) is 6.26 Å². The summed E-state index contributed by atoms with van der Waals surface area (Å²) in [6.07, 6.45) is 7.89. The highest BCUT2D eigenvalue weighted by molar-refractivity contribution is 6.05. The van der Waals surface area contributed by atoms with Crippen molar-refractivity contribution in [3.05, 3.63) is 65.7 Å². The smallest absolute Gasteiger partial charge is 0.270 e. The molecule has 1 aromatic heterocycles. The van der Waals surface area contributed by atoms with Gasteiger partial charge in [-0.05, 0) is 43.0 Å². The number of nitrogens with one attached hydrogen (secondary N) is 1. The minimum atomic E-state index is -0.314. The fourth-order valence-electron chi connectivity index (χ4n) is 3.32. The minimum absolute atomic E-state index is 0.211. The Morgan fingerprint density at radius 2 is 1.88 bits per heavy atom. The van der Waals surface area contributed by atoms with Crippen molar-refractivity contribution in [1.29, 1.82) is 0 Å². The predicted molar refractivity (Wildman–Crippen MR) is 100 cm³/mol. The highest BCUT2D eigenvalue weighted by Crippen LogP contribution is 2.25. The van der Waals surface area contributed by atoms with Crippen LogP contribution in [0, 0.1) is 5.92 Å². The van der Waals surface area contributed by atoms with Crippen molar-refractivity contribution in [2.75, 3.05) is 13.6 Å².